The molecule has 1 N–H and O–H groups in total. The van der Waals surface area contributed by atoms with Gasteiger partial charge < -0.3 is 9.84 Å². The van der Waals surface area contributed by atoms with Gasteiger partial charge in [-0.15, -0.1) is 0 Å². The van der Waals surface area contributed by atoms with Gasteiger partial charge in [-0.3, -0.25) is 4.79 Å². The predicted octanol–water partition coefficient (Wildman–Crippen LogP) is 0.742. The fourth-order valence-electron chi connectivity index (χ4n) is 2.51. The zero-order valence-electron chi connectivity index (χ0n) is 12.8. The van der Waals surface area contributed by atoms with E-state index in [4.69, 9.17) is 5.11 Å². The first-order valence-corrected chi connectivity index (χ1v) is 8.50. The normalized spacial score (nSPS) is 22.5. The number of nitrogens with zero attached hydrogens (tertiary/aromatic N) is 2. The highest BCUT2D eigenvalue weighted by atomic mass is 32.2. The van der Waals surface area contributed by atoms with Crippen LogP contribution in [0.5, 0.6) is 0 Å². The van der Waals surface area contributed by atoms with Crippen LogP contribution < -0.4 is 0 Å². The van der Waals surface area contributed by atoms with Gasteiger partial charge in [-0.1, -0.05) is 0 Å². The number of carboxylic acids is 1. The first-order chi connectivity index (χ1) is 10.8. The fraction of sp³-hybridized carbons (Fsp3) is 0.500. The number of piperidine rings is 1. The van der Waals surface area contributed by atoms with Crippen molar-refractivity contribution >= 4 is 22.0 Å². The van der Waals surface area contributed by atoms with Gasteiger partial charge in [0.15, 0.2) is 0 Å². The SMILES string of the molecule is COC(=O)c1ccc(S(=O)(=O)N2CC(C(=O)O)CCC2C)cn1. The molecule has 8 nitrogen and oxygen atoms in total. The van der Waals surface area contributed by atoms with Gasteiger partial charge >= 0.3 is 11.9 Å². The van der Waals surface area contributed by atoms with Crippen LogP contribution in [0.1, 0.15) is 30.3 Å². The number of sulfonamides is 1. The molecular weight excluding hydrogens is 324 g/mol. The van der Waals surface area contributed by atoms with Gasteiger partial charge in [0.05, 0.1) is 13.0 Å². The van der Waals surface area contributed by atoms with Crippen LogP contribution in [0.4, 0.5) is 0 Å². The molecule has 0 radical (unpaired) electrons. The molecule has 2 rings (SSSR count). The number of ether oxygens (including phenoxy) is 1. The summed E-state index contributed by atoms with van der Waals surface area (Å²) >= 11 is 0. The van der Waals surface area contributed by atoms with Crippen LogP contribution in [0.3, 0.4) is 0 Å². The topological polar surface area (TPSA) is 114 Å². The van der Waals surface area contributed by atoms with Gasteiger partial charge in [-0.05, 0) is 31.9 Å². The second-order valence-corrected chi connectivity index (χ2v) is 7.30. The van der Waals surface area contributed by atoms with Crippen molar-refractivity contribution in [3.8, 4) is 0 Å². The van der Waals surface area contributed by atoms with E-state index in [2.05, 4.69) is 9.72 Å². The molecule has 0 aromatic carbocycles. The Kier molecular flexibility index (Phi) is 5.00. The summed E-state index contributed by atoms with van der Waals surface area (Å²) in [5.74, 6) is -2.38. The average molecular weight is 342 g/mol. The monoisotopic (exact) mass is 342 g/mol. The number of esters is 1. The molecule has 2 atom stereocenters. The Morgan fingerprint density at radius 1 is 1.35 bits per heavy atom. The Morgan fingerprint density at radius 2 is 2.04 bits per heavy atom. The van der Waals surface area contributed by atoms with Crippen molar-refractivity contribution in [3.05, 3.63) is 24.0 Å². The molecule has 0 amide bonds. The molecule has 2 unspecified atom stereocenters. The van der Waals surface area contributed by atoms with Crippen molar-refractivity contribution in [2.24, 2.45) is 5.92 Å². The Morgan fingerprint density at radius 3 is 2.57 bits per heavy atom. The highest BCUT2D eigenvalue weighted by Crippen LogP contribution is 2.28. The molecule has 23 heavy (non-hydrogen) atoms. The smallest absolute Gasteiger partial charge is 0.356 e. The third kappa shape index (κ3) is 3.50. The van der Waals surface area contributed by atoms with Gasteiger partial charge in [0.1, 0.15) is 10.6 Å². The molecule has 126 valence electrons. The summed E-state index contributed by atoms with van der Waals surface area (Å²) in [4.78, 5) is 26.2. The molecule has 1 aliphatic rings. The Bertz CT molecular complexity index is 700. The molecule has 0 saturated carbocycles. The van der Waals surface area contributed by atoms with Crippen LogP contribution in [-0.4, -0.2) is 54.4 Å². The summed E-state index contributed by atoms with van der Waals surface area (Å²) in [6.07, 6.45) is 2.00. The Hall–Kier alpha value is -2.00. The standard InChI is InChI=1S/C14H18N2O6S/c1-9-3-4-10(13(17)18)8-16(9)23(20,21)11-5-6-12(15-7-11)14(19)22-2/h5-7,9-10H,3-4,8H2,1-2H3,(H,17,18). The van der Waals surface area contributed by atoms with Gasteiger partial charge in [0.2, 0.25) is 10.0 Å². The number of aliphatic carboxylic acids is 1. The van der Waals surface area contributed by atoms with Crippen LogP contribution in [0.15, 0.2) is 23.2 Å². The molecule has 0 aliphatic carbocycles. The van der Waals surface area contributed by atoms with E-state index in [0.29, 0.717) is 12.8 Å². The van der Waals surface area contributed by atoms with Gasteiger partial charge in [0.25, 0.3) is 0 Å². The van der Waals surface area contributed by atoms with Crippen LogP contribution >= 0.6 is 0 Å². The van der Waals surface area contributed by atoms with Gasteiger partial charge in [-0.2, -0.15) is 4.31 Å². The van der Waals surface area contributed by atoms with Crippen molar-refractivity contribution < 1.29 is 27.9 Å². The maximum atomic E-state index is 12.7. The average Bonchev–Trinajstić information content (AvgIpc) is 2.54. The van der Waals surface area contributed by atoms with E-state index in [9.17, 15) is 18.0 Å². The summed E-state index contributed by atoms with van der Waals surface area (Å²) in [6, 6.07) is 2.24. The molecule has 1 aromatic rings. The van der Waals surface area contributed by atoms with Crippen molar-refractivity contribution in [2.45, 2.75) is 30.7 Å². The molecule has 0 bridgehead atoms. The predicted molar refractivity (Wildman–Crippen MR) is 79.3 cm³/mol. The lowest BCUT2D eigenvalue weighted by Crippen LogP contribution is -2.47. The minimum Gasteiger partial charge on any atom is -0.481 e. The van der Waals surface area contributed by atoms with Crippen molar-refractivity contribution in [2.75, 3.05) is 13.7 Å². The first kappa shape index (κ1) is 17.4. The van der Waals surface area contributed by atoms with E-state index >= 15 is 0 Å². The van der Waals surface area contributed by atoms with Gasteiger partial charge in [-0.25, -0.2) is 18.2 Å². The summed E-state index contributed by atoms with van der Waals surface area (Å²) in [7, 11) is -2.67. The van der Waals surface area contributed by atoms with E-state index in [1.165, 1.54) is 23.5 Å². The molecular formula is C14H18N2O6S. The zero-order chi connectivity index (χ0) is 17.2. The van der Waals surface area contributed by atoms with Crippen LogP contribution in [-0.2, 0) is 19.6 Å². The third-order valence-corrected chi connectivity index (χ3v) is 5.88. The van der Waals surface area contributed by atoms with Gasteiger partial charge in [0, 0.05) is 18.8 Å². The lowest BCUT2D eigenvalue weighted by Gasteiger charge is -2.35. The summed E-state index contributed by atoms with van der Waals surface area (Å²) in [5.41, 5.74) is 0.00144. The minimum absolute atomic E-state index is 0.00144. The van der Waals surface area contributed by atoms with Crippen LogP contribution in [0, 0.1) is 5.92 Å². The number of hydrogen-bond acceptors (Lipinski definition) is 6. The van der Waals surface area contributed by atoms with Crippen molar-refractivity contribution in [3.63, 3.8) is 0 Å². The molecule has 1 fully saturated rings. The number of carboxylic acid groups (broad SMARTS) is 1. The summed E-state index contributed by atoms with van der Waals surface area (Å²) < 4.78 is 31.1. The number of rotatable bonds is 4. The third-order valence-electron chi connectivity index (χ3n) is 3.91. The van der Waals surface area contributed by atoms with Crippen molar-refractivity contribution in [1.82, 2.24) is 9.29 Å². The van der Waals surface area contributed by atoms with Crippen LogP contribution in [0.2, 0.25) is 0 Å². The molecule has 1 aromatic heterocycles. The number of methoxy groups -OCH3 is 1. The number of carbonyl (C=O) groups excluding carboxylic acids is 1. The lowest BCUT2D eigenvalue weighted by atomic mass is 9.96. The van der Waals surface area contributed by atoms with E-state index in [1.807, 2.05) is 0 Å². The maximum Gasteiger partial charge on any atom is 0.356 e. The Labute approximate surface area is 134 Å². The lowest BCUT2D eigenvalue weighted by molar-refractivity contribution is -0.143. The number of hydrogen-bond donors (Lipinski definition) is 1. The van der Waals surface area contributed by atoms with E-state index in [1.54, 1.807) is 6.92 Å². The second-order valence-electron chi connectivity index (χ2n) is 5.41. The largest absolute Gasteiger partial charge is 0.481 e. The molecule has 9 heteroatoms. The molecule has 2 heterocycles. The Balaban J connectivity index is 2.29. The van der Waals surface area contributed by atoms with Crippen LogP contribution in [0.25, 0.3) is 0 Å². The molecule has 0 spiro atoms. The zero-order valence-corrected chi connectivity index (χ0v) is 13.6. The highest BCUT2D eigenvalue weighted by molar-refractivity contribution is 7.89. The van der Waals surface area contributed by atoms with E-state index < -0.39 is 27.9 Å². The van der Waals surface area contributed by atoms with E-state index in [-0.39, 0.29) is 23.2 Å². The molecule has 1 saturated heterocycles. The number of carbonyl (C=O) groups is 2. The quantitative estimate of drug-likeness (QED) is 0.803. The number of pyridine rings is 1. The summed E-state index contributed by atoms with van der Waals surface area (Å²) in [5, 5.41) is 9.12. The first-order valence-electron chi connectivity index (χ1n) is 7.06. The van der Waals surface area contributed by atoms with E-state index in [0.717, 1.165) is 6.20 Å². The summed E-state index contributed by atoms with van der Waals surface area (Å²) in [6.45, 7) is 1.67. The number of aromatic nitrogens is 1. The maximum absolute atomic E-state index is 12.7. The second kappa shape index (κ2) is 6.63. The highest BCUT2D eigenvalue weighted by Gasteiger charge is 2.37. The van der Waals surface area contributed by atoms with Crippen molar-refractivity contribution in [1.29, 1.82) is 0 Å². The molecule has 1 aliphatic heterocycles. The minimum atomic E-state index is -3.87. The fourth-order valence-corrected chi connectivity index (χ4v) is 4.16.